The summed E-state index contributed by atoms with van der Waals surface area (Å²) in [6.07, 6.45) is 5.86. The maximum Gasteiger partial charge on any atom is 0.223 e. The molecule has 3 atom stereocenters. The summed E-state index contributed by atoms with van der Waals surface area (Å²) in [4.78, 5) is 12.2. The van der Waals surface area contributed by atoms with Gasteiger partial charge in [-0.1, -0.05) is 12.8 Å². The third-order valence-electron chi connectivity index (χ3n) is 4.14. The van der Waals surface area contributed by atoms with E-state index in [4.69, 9.17) is 5.73 Å². The number of carbonyl (C=O) groups excluding carboxylic acids is 1. The lowest BCUT2D eigenvalue weighted by Crippen LogP contribution is -2.41. The predicted molar refractivity (Wildman–Crippen MR) is 72.9 cm³/mol. The van der Waals surface area contributed by atoms with E-state index in [0.29, 0.717) is 18.4 Å². The van der Waals surface area contributed by atoms with Gasteiger partial charge in [-0.3, -0.25) is 4.79 Å². The number of thioether (sulfide) groups is 1. The Balaban J connectivity index is 1.76. The van der Waals surface area contributed by atoms with E-state index in [1.165, 1.54) is 30.8 Å². The van der Waals surface area contributed by atoms with Crippen LogP contribution in [0.5, 0.6) is 0 Å². The summed E-state index contributed by atoms with van der Waals surface area (Å²) >= 11 is 2.00. The topological polar surface area (TPSA) is 55.1 Å². The van der Waals surface area contributed by atoms with Crippen LogP contribution in [-0.2, 0) is 4.79 Å². The van der Waals surface area contributed by atoms with Crippen LogP contribution in [-0.4, -0.2) is 30.5 Å². The van der Waals surface area contributed by atoms with Crippen molar-refractivity contribution in [3.63, 3.8) is 0 Å². The molecule has 17 heavy (non-hydrogen) atoms. The molecule has 0 aromatic heterocycles. The minimum Gasteiger partial charge on any atom is -0.356 e. The van der Waals surface area contributed by atoms with Crippen molar-refractivity contribution < 1.29 is 4.79 Å². The van der Waals surface area contributed by atoms with E-state index < -0.39 is 0 Å². The molecule has 1 aliphatic heterocycles. The third kappa shape index (κ3) is 3.62. The molecule has 4 heteroatoms. The molecule has 0 spiro atoms. The van der Waals surface area contributed by atoms with Crippen LogP contribution >= 0.6 is 11.8 Å². The van der Waals surface area contributed by atoms with Gasteiger partial charge in [-0.2, -0.15) is 11.8 Å². The second-order valence-corrected chi connectivity index (χ2v) is 6.51. The highest BCUT2D eigenvalue weighted by atomic mass is 32.2. The number of hydrogen-bond acceptors (Lipinski definition) is 3. The van der Waals surface area contributed by atoms with E-state index in [9.17, 15) is 4.79 Å². The van der Waals surface area contributed by atoms with Gasteiger partial charge >= 0.3 is 0 Å². The number of nitrogens with one attached hydrogen (secondary N) is 1. The van der Waals surface area contributed by atoms with Crippen LogP contribution in [0.1, 0.15) is 32.1 Å². The molecule has 98 valence electrons. The molecule has 2 aliphatic rings. The maximum absolute atomic E-state index is 12.2. The molecule has 0 aromatic carbocycles. The molecule has 0 bridgehead atoms. The van der Waals surface area contributed by atoms with Crippen molar-refractivity contribution in [2.24, 2.45) is 23.5 Å². The summed E-state index contributed by atoms with van der Waals surface area (Å²) in [5.41, 5.74) is 5.77. The van der Waals surface area contributed by atoms with Gasteiger partial charge in [0.2, 0.25) is 5.91 Å². The van der Waals surface area contributed by atoms with Gasteiger partial charge in [-0.05, 0) is 49.1 Å². The summed E-state index contributed by atoms with van der Waals surface area (Å²) in [6.45, 7) is 1.54. The molecule has 1 heterocycles. The van der Waals surface area contributed by atoms with E-state index in [0.717, 1.165) is 19.4 Å². The van der Waals surface area contributed by atoms with E-state index in [1.807, 2.05) is 11.8 Å². The van der Waals surface area contributed by atoms with Crippen molar-refractivity contribution >= 4 is 17.7 Å². The Morgan fingerprint density at radius 2 is 2.12 bits per heavy atom. The summed E-state index contributed by atoms with van der Waals surface area (Å²) in [5, 5.41) is 3.15. The van der Waals surface area contributed by atoms with Gasteiger partial charge in [-0.25, -0.2) is 0 Å². The summed E-state index contributed by atoms with van der Waals surface area (Å²) < 4.78 is 0. The highest BCUT2D eigenvalue weighted by molar-refractivity contribution is 7.99. The molecular formula is C13H24N2OS. The van der Waals surface area contributed by atoms with E-state index in [1.54, 1.807) is 0 Å². The van der Waals surface area contributed by atoms with Gasteiger partial charge in [0.15, 0.2) is 0 Å². The molecule has 1 aliphatic carbocycles. The Morgan fingerprint density at radius 3 is 2.82 bits per heavy atom. The standard InChI is InChI=1S/C13H24N2OS/c14-7-11-3-1-2-4-12(11)13(16)15-8-10-5-6-17-9-10/h10-12H,1-9,14H2,(H,15,16). The predicted octanol–water partition coefficient (Wildman–Crippen LogP) is 1.62. The first kappa shape index (κ1) is 13.2. The van der Waals surface area contributed by atoms with Crippen LogP contribution in [0.15, 0.2) is 0 Å². The minimum atomic E-state index is 0.183. The van der Waals surface area contributed by atoms with Crippen molar-refractivity contribution in [3.05, 3.63) is 0 Å². The van der Waals surface area contributed by atoms with Gasteiger partial charge in [0, 0.05) is 12.5 Å². The fourth-order valence-corrected chi connectivity index (χ4v) is 4.24. The fraction of sp³-hybridized carbons (Fsp3) is 0.923. The molecule has 3 N–H and O–H groups in total. The van der Waals surface area contributed by atoms with Crippen molar-refractivity contribution in [2.75, 3.05) is 24.6 Å². The first-order valence-corrected chi connectivity index (χ1v) is 8.02. The lowest BCUT2D eigenvalue weighted by molar-refractivity contribution is -0.127. The van der Waals surface area contributed by atoms with Gasteiger partial charge < -0.3 is 11.1 Å². The molecule has 2 rings (SSSR count). The molecule has 1 saturated carbocycles. The molecule has 3 nitrogen and oxygen atoms in total. The van der Waals surface area contributed by atoms with E-state index >= 15 is 0 Å². The smallest absolute Gasteiger partial charge is 0.223 e. The van der Waals surface area contributed by atoms with Crippen LogP contribution < -0.4 is 11.1 Å². The Morgan fingerprint density at radius 1 is 1.29 bits per heavy atom. The highest BCUT2D eigenvalue weighted by Crippen LogP contribution is 2.29. The molecule has 1 saturated heterocycles. The summed E-state index contributed by atoms with van der Waals surface area (Å²) in [6, 6.07) is 0. The normalized spacial score (nSPS) is 33.6. The first-order chi connectivity index (χ1) is 8.31. The zero-order valence-electron chi connectivity index (χ0n) is 10.5. The lowest BCUT2D eigenvalue weighted by Gasteiger charge is -2.29. The molecular weight excluding hydrogens is 232 g/mol. The van der Waals surface area contributed by atoms with Gasteiger partial charge in [0.1, 0.15) is 0 Å². The maximum atomic E-state index is 12.2. The molecule has 0 aromatic rings. The van der Waals surface area contributed by atoms with Crippen LogP contribution in [0, 0.1) is 17.8 Å². The average Bonchev–Trinajstić information content (AvgIpc) is 2.89. The number of hydrogen-bond donors (Lipinski definition) is 2. The monoisotopic (exact) mass is 256 g/mol. The Kier molecular flexibility index (Phi) is 5.16. The van der Waals surface area contributed by atoms with Gasteiger partial charge in [-0.15, -0.1) is 0 Å². The number of rotatable bonds is 4. The van der Waals surface area contributed by atoms with Crippen molar-refractivity contribution in [2.45, 2.75) is 32.1 Å². The number of amides is 1. The molecule has 2 fully saturated rings. The zero-order valence-corrected chi connectivity index (χ0v) is 11.3. The van der Waals surface area contributed by atoms with Gasteiger partial charge in [0.25, 0.3) is 0 Å². The summed E-state index contributed by atoms with van der Waals surface area (Å²) in [5.74, 6) is 4.03. The Bertz CT molecular complexity index is 254. The van der Waals surface area contributed by atoms with Crippen LogP contribution in [0.2, 0.25) is 0 Å². The third-order valence-corrected chi connectivity index (χ3v) is 5.37. The quantitative estimate of drug-likeness (QED) is 0.803. The second-order valence-electron chi connectivity index (χ2n) is 5.36. The van der Waals surface area contributed by atoms with Crippen molar-refractivity contribution in [1.82, 2.24) is 5.32 Å². The number of nitrogens with two attached hydrogens (primary N) is 1. The van der Waals surface area contributed by atoms with E-state index in [2.05, 4.69) is 5.32 Å². The highest BCUT2D eigenvalue weighted by Gasteiger charge is 2.30. The van der Waals surface area contributed by atoms with Crippen LogP contribution in [0.4, 0.5) is 0 Å². The average molecular weight is 256 g/mol. The molecule has 1 amide bonds. The van der Waals surface area contributed by atoms with Crippen LogP contribution in [0.3, 0.4) is 0 Å². The second kappa shape index (κ2) is 6.64. The minimum absolute atomic E-state index is 0.183. The SMILES string of the molecule is NCC1CCCCC1C(=O)NCC1CCSC1. The van der Waals surface area contributed by atoms with Gasteiger partial charge in [0.05, 0.1) is 0 Å². The molecule has 0 radical (unpaired) electrons. The van der Waals surface area contributed by atoms with Crippen LogP contribution in [0.25, 0.3) is 0 Å². The first-order valence-electron chi connectivity index (χ1n) is 6.86. The number of carbonyl (C=O) groups is 1. The lowest BCUT2D eigenvalue weighted by atomic mass is 9.78. The Hall–Kier alpha value is -0.220. The molecule has 3 unspecified atom stereocenters. The Labute approximate surface area is 108 Å². The fourth-order valence-electron chi connectivity index (χ4n) is 2.96. The largest absolute Gasteiger partial charge is 0.356 e. The zero-order chi connectivity index (χ0) is 12.1. The summed E-state index contributed by atoms with van der Waals surface area (Å²) in [7, 11) is 0. The van der Waals surface area contributed by atoms with Crippen molar-refractivity contribution in [1.29, 1.82) is 0 Å². The van der Waals surface area contributed by atoms with E-state index in [-0.39, 0.29) is 11.8 Å². The van der Waals surface area contributed by atoms with Crippen molar-refractivity contribution in [3.8, 4) is 0 Å².